The molecule has 0 bridgehead atoms. The second-order valence-electron chi connectivity index (χ2n) is 9.62. The minimum Gasteiger partial charge on any atom is -0.371 e. The van der Waals surface area contributed by atoms with Crippen LogP contribution >= 0.6 is 0 Å². The van der Waals surface area contributed by atoms with E-state index in [1.54, 1.807) is 0 Å². The van der Waals surface area contributed by atoms with Crippen molar-refractivity contribution in [3.63, 3.8) is 0 Å². The predicted octanol–water partition coefficient (Wildman–Crippen LogP) is 4.52. The molecule has 2 aliphatic heterocycles. The quantitative estimate of drug-likeness (QED) is 0.419. The van der Waals surface area contributed by atoms with Gasteiger partial charge in [-0.3, -0.25) is 9.89 Å². The summed E-state index contributed by atoms with van der Waals surface area (Å²) in [4.78, 5) is 25.0. The third-order valence-corrected chi connectivity index (χ3v) is 7.31. The minimum absolute atomic E-state index is 0.0966. The van der Waals surface area contributed by atoms with Crippen molar-refractivity contribution in [3.8, 4) is 11.5 Å². The van der Waals surface area contributed by atoms with Crippen LogP contribution in [0.1, 0.15) is 39.0 Å². The molecule has 0 spiro atoms. The van der Waals surface area contributed by atoms with Gasteiger partial charge in [0.05, 0.1) is 16.6 Å². The van der Waals surface area contributed by atoms with Gasteiger partial charge in [0.1, 0.15) is 5.69 Å². The minimum atomic E-state index is -0.0966. The second kappa shape index (κ2) is 8.76. The molecule has 0 aliphatic carbocycles. The average molecular weight is 458 g/mol. The van der Waals surface area contributed by atoms with Crippen LogP contribution in [0.2, 0.25) is 0 Å². The number of nitrogens with zero attached hydrogens (tertiary/aromatic N) is 4. The molecular formula is C26H31N7O. The number of carbonyl (C=O) groups excluding carboxylic acids is 1. The number of aromatic amines is 2. The van der Waals surface area contributed by atoms with Gasteiger partial charge in [-0.05, 0) is 75.2 Å². The molecule has 0 atom stereocenters. The van der Waals surface area contributed by atoms with E-state index in [2.05, 4.69) is 48.5 Å². The molecular weight excluding hydrogens is 426 g/mol. The maximum absolute atomic E-state index is 11.5. The van der Waals surface area contributed by atoms with Crippen molar-refractivity contribution >= 4 is 39.2 Å². The third kappa shape index (κ3) is 4.03. The van der Waals surface area contributed by atoms with Crippen molar-refractivity contribution in [2.75, 3.05) is 36.4 Å². The maximum atomic E-state index is 11.5. The Morgan fingerprint density at radius 3 is 2.62 bits per heavy atom. The number of piperidine rings is 2. The van der Waals surface area contributed by atoms with Crippen molar-refractivity contribution in [2.24, 2.45) is 0 Å². The van der Waals surface area contributed by atoms with E-state index >= 15 is 0 Å². The van der Waals surface area contributed by atoms with Crippen LogP contribution in [0.3, 0.4) is 0 Å². The Hall–Kier alpha value is -3.39. The summed E-state index contributed by atoms with van der Waals surface area (Å²) in [5, 5.41) is 11.3. The molecule has 2 saturated heterocycles. The molecule has 6 rings (SSSR count). The summed E-state index contributed by atoms with van der Waals surface area (Å²) in [6, 6.07) is 13.0. The molecule has 8 nitrogen and oxygen atoms in total. The van der Waals surface area contributed by atoms with E-state index in [1.165, 1.54) is 57.8 Å². The van der Waals surface area contributed by atoms with Crippen LogP contribution in [-0.4, -0.2) is 63.2 Å². The van der Waals surface area contributed by atoms with Crippen LogP contribution in [-0.2, 0) is 4.79 Å². The molecule has 1 amide bonds. The lowest BCUT2D eigenvalue weighted by atomic mass is 9.99. The number of hydrogen-bond acceptors (Lipinski definition) is 5. The van der Waals surface area contributed by atoms with Gasteiger partial charge in [-0.15, -0.1) is 0 Å². The first kappa shape index (κ1) is 21.2. The average Bonchev–Trinajstić information content (AvgIpc) is 3.47. The Bertz CT molecular complexity index is 1330. The molecule has 4 heterocycles. The predicted molar refractivity (Wildman–Crippen MR) is 136 cm³/mol. The van der Waals surface area contributed by atoms with E-state index in [0.717, 1.165) is 58.3 Å². The van der Waals surface area contributed by atoms with Gasteiger partial charge < -0.3 is 20.1 Å². The highest BCUT2D eigenvalue weighted by Crippen LogP contribution is 2.31. The second-order valence-corrected chi connectivity index (χ2v) is 9.62. The van der Waals surface area contributed by atoms with Gasteiger partial charge in [-0.1, -0.05) is 6.42 Å². The van der Waals surface area contributed by atoms with Gasteiger partial charge in [-0.2, -0.15) is 5.10 Å². The molecule has 2 fully saturated rings. The first-order chi connectivity index (χ1) is 16.6. The highest BCUT2D eigenvalue weighted by molar-refractivity contribution is 5.98. The summed E-state index contributed by atoms with van der Waals surface area (Å²) in [7, 11) is 0. The van der Waals surface area contributed by atoms with Gasteiger partial charge in [-0.25, -0.2) is 4.98 Å². The van der Waals surface area contributed by atoms with Gasteiger partial charge in [0.2, 0.25) is 5.91 Å². The number of anilines is 2. The number of likely N-dealkylation sites (tertiary alicyclic amines) is 1. The smallest absolute Gasteiger partial charge is 0.221 e. The van der Waals surface area contributed by atoms with E-state index in [1.807, 2.05) is 18.2 Å². The zero-order valence-electron chi connectivity index (χ0n) is 19.6. The van der Waals surface area contributed by atoms with Crippen LogP contribution in [0.25, 0.3) is 33.5 Å². The molecule has 176 valence electrons. The molecule has 0 radical (unpaired) electrons. The summed E-state index contributed by atoms with van der Waals surface area (Å²) in [5.41, 5.74) is 5.59. The molecule has 3 N–H and O–H groups in total. The topological polar surface area (TPSA) is 92.9 Å². The monoisotopic (exact) mass is 457 g/mol. The molecule has 2 aromatic carbocycles. The first-order valence-corrected chi connectivity index (χ1v) is 12.4. The number of amides is 1. The lowest BCUT2D eigenvalue weighted by Crippen LogP contribution is -2.46. The van der Waals surface area contributed by atoms with Crippen LogP contribution in [0.4, 0.5) is 11.4 Å². The number of rotatable bonds is 4. The number of H-pyrrole nitrogens is 2. The number of fused-ring (bicyclic) bond motifs is 2. The molecule has 8 heteroatoms. The van der Waals surface area contributed by atoms with Crippen molar-refractivity contribution in [3.05, 3.63) is 36.4 Å². The summed E-state index contributed by atoms with van der Waals surface area (Å²) in [6.45, 7) is 6.27. The van der Waals surface area contributed by atoms with Crippen molar-refractivity contribution in [1.82, 2.24) is 25.1 Å². The summed E-state index contributed by atoms with van der Waals surface area (Å²) in [5.74, 6) is 0.628. The van der Waals surface area contributed by atoms with Crippen LogP contribution in [0.15, 0.2) is 36.4 Å². The number of carbonyl (C=O) groups is 1. The first-order valence-electron chi connectivity index (χ1n) is 12.4. The zero-order chi connectivity index (χ0) is 23.1. The van der Waals surface area contributed by atoms with Crippen LogP contribution in [0.5, 0.6) is 0 Å². The lowest BCUT2D eigenvalue weighted by Gasteiger charge is -2.41. The number of nitrogens with one attached hydrogen (secondary N) is 3. The Labute approximate surface area is 198 Å². The van der Waals surface area contributed by atoms with Gasteiger partial charge in [0, 0.05) is 42.8 Å². The zero-order valence-corrected chi connectivity index (χ0v) is 19.6. The molecule has 0 saturated carbocycles. The fourth-order valence-corrected chi connectivity index (χ4v) is 5.55. The maximum Gasteiger partial charge on any atom is 0.221 e. The van der Waals surface area contributed by atoms with Gasteiger partial charge in [0.15, 0.2) is 5.82 Å². The Morgan fingerprint density at radius 1 is 1.00 bits per heavy atom. The van der Waals surface area contributed by atoms with Crippen molar-refractivity contribution in [2.45, 2.75) is 45.1 Å². The summed E-state index contributed by atoms with van der Waals surface area (Å²) in [6.07, 6.45) is 6.59. The number of imidazole rings is 1. The van der Waals surface area contributed by atoms with Crippen LogP contribution in [0, 0.1) is 0 Å². The number of aromatic nitrogens is 4. The molecule has 2 aromatic heterocycles. The van der Waals surface area contributed by atoms with Gasteiger partial charge in [0.25, 0.3) is 0 Å². The standard InChI is InChI=1S/C26H31N7O/c1-17(34)27-18-5-7-22-21(15-18)25(31-30-22)26-28-23-8-6-20(16-24(23)29-26)33-13-9-19(10-14-33)32-11-3-2-4-12-32/h5-8,15-16,19H,2-4,9-14H2,1H3,(H,27,34)(H,28,29)(H,30,31). The highest BCUT2D eigenvalue weighted by atomic mass is 16.1. The Kier molecular flexibility index (Phi) is 5.45. The van der Waals surface area contributed by atoms with Crippen LogP contribution < -0.4 is 10.2 Å². The number of hydrogen-bond donors (Lipinski definition) is 3. The Balaban J connectivity index is 1.23. The largest absolute Gasteiger partial charge is 0.371 e. The van der Waals surface area contributed by atoms with E-state index in [9.17, 15) is 4.79 Å². The molecule has 4 aromatic rings. The summed E-state index contributed by atoms with van der Waals surface area (Å²) < 4.78 is 0. The molecule has 0 unspecified atom stereocenters. The fourth-order valence-electron chi connectivity index (χ4n) is 5.55. The van der Waals surface area contributed by atoms with E-state index in [-0.39, 0.29) is 5.91 Å². The van der Waals surface area contributed by atoms with Crippen molar-refractivity contribution in [1.29, 1.82) is 0 Å². The van der Waals surface area contributed by atoms with E-state index < -0.39 is 0 Å². The normalized spacial score (nSPS) is 18.1. The number of benzene rings is 2. The highest BCUT2D eigenvalue weighted by Gasteiger charge is 2.26. The Morgan fingerprint density at radius 2 is 1.82 bits per heavy atom. The SMILES string of the molecule is CC(=O)Nc1ccc2[nH]nc(-c3nc4ccc(N5CCC(N6CCCCC6)CC5)cc4[nH]3)c2c1. The van der Waals surface area contributed by atoms with E-state index in [4.69, 9.17) is 4.98 Å². The lowest BCUT2D eigenvalue weighted by molar-refractivity contribution is -0.114. The van der Waals surface area contributed by atoms with E-state index in [0.29, 0.717) is 0 Å². The summed E-state index contributed by atoms with van der Waals surface area (Å²) >= 11 is 0. The van der Waals surface area contributed by atoms with Gasteiger partial charge >= 0.3 is 0 Å². The molecule has 34 heavy (non-hydrogen) atoms. The third-order valence-electron chi connectivity index (χ3n) is 7.31. The van der Waals surface area contributed by atoms with Crippen molar-refractivity contribution < 1.29 is 4.79 Å². The molecule has 2 aliphatic rings. The fraction of sp³-hybridized carbons (Fsp3) is 0.423.